The van der Waals surface area contributed by atoms with Gasteiger partial charge in [-0.15, -0.1) is 0 Å². The van der Waals surface area contributed by atoms with Gasteiger partial charge in [0.25, 0.3) is 5.91 Å². The number of aromatic nitrogens is 1. The first-order valence-electron chi connectivity index (χ1n) is 12.6. The quantitative estimate of drug-likeness (QED) is 0.327. The van der Waals surface area contributed by atoms with Gasteiger partial charge in [0, 0.05) is 49.7 Å². The van der Waals surface area contributed by atoms with Gasteiger partial charge in [-0.1, -0.05) is 42.5 Å². The SMILES string of the molecule is COc1ccc(-c2cc(C(=O)N3CCN(C/C=C/c4ccccc4)CC3)c3cc(F)ccc3n2)c(OC)c1. The number of hydrogen-bond donors (Lipinski definition) is 0. The van der Waals surface area contributed by atoms with Crippen molar-refractivity contribution in [1.82, 2.24) is 14.8 Å². The largest absolute Gasteiger partial charge is 0.497 e. The number of fused-ring (bicyclic) bond motifs is 1. The molecule has 1 saturated heterocycles. The number of halogens is 1. The molecule has 1 aliphatic rings. The van der Waals surface area contributed by atoms with Crippen molar-refractivity contribution in [2.75, 3.05) is 46.9 Å². The maximum atomic E-state index is 14.2. The number of benzene rings is 3. The number of carbonyl (C=O) groups excluding carboxylic acids is 1. The zero-order chi connectivity index (χ0) is 26.5. The molecule has 6 nitrogen and oxygen atoms in total. The summed E-state index contributed by atoms with van der Waals surface area (Å²) in [5.74, 6) is 0.699. The van der Waals surface area contributed by atoms with Gasteiger partial charge in [-0.05, 0) is 42.0 Å². The molecule has 38 heavy (non-hydrogen) atoms. The minimum atomic E-state index is -0.404. The van der Waals surface area contributed by atoms with E-state index >= 15 is 0 Å². The first-order valence-corrected chi connectivity index (χ1v) is 12.6. The summed E-state index contributed by atoms with van der Waals surface area (Å²) in [6.07, 6.45) is 4.27. The van der Waals surface area contributed by atoms with Crippen LogP contribution in [0.2, 0.25) is 0 Å². The number of ether oxygens (including phenoxy) is 2. The first-order chi connectivity index (χ1) is 18.6. The van der Waals surface area contributed by atoms with Crippen LogP contribution in [0.3, 0.4) is 0 Å². The molecule has 7 heteroatoms. The number of pyridine rings is 1. The smallest absolute Gasteiger partial charge is 0.254 e. The molecule has 2 heterocycles. The summed E-state index contributed by atoms with van der Waals surface area (Å²) in [5.41, 5.74) is 3.46. The number of carbonyl (C=O) groups is 1. The highest BCUT2D eigenvalue weighted by Crippen LogP contribution is 2.34. The Morgan fingerprint density at radius 3 is 2.47 bits per heavy atom. The minimum absolute atomic E-state index is 0.129. The van der Waals surface area contributed by atoms with Crippen molar-refractivity contribution < 1.29 is 18.7 Å². The monoisotopic (exact) mass is 511 g/mol. The summed E-state index contributed by atoms with van der Waals surface area (Å²) >= 11 is 0. The van der Waals surface area contributed by atoms with Crippen molar-refractivity contribution in [3.63, 3.8) is 0 Å². The average Bonchev–Trinajstić information content (AvgIpc) is 2.97. The van der Waals surface area contributed by atoms with Crippen molar-refractivity contribution in [3.8, 4) is 22.8 Å². The molecule has 1 aromatic heterocycles. The highest BCUT2D eigenvalue weighted by Gasteiger charge is 2.25. The normalized spacial score (nSPS) is 14.2. The Morgan fingerprint density at radius 2 is 1.74 bits per heavy atom. The van der Waals surface area contributed by atoms with E-state index in [4.69, 9.17) is 14.5 Å². The summed E-state index contributed by atoms with van der Waals surface area (Å²) in [6.45, 7) is 3.54. The Labute approximate surface area is 221 Å². The number of piperazine rings is 1. The lowest BCUT2D eigenvalue weighted by atomic mass is 10.0. The molecule has 0 unspecified atom stereocenters. The maximum Gasteiger partial charge on any atom is 0.254 e. The van der Waals surface area contributed by atoms with Gasteiger partial charge in [-0.25, -0.2) is 9.37 Å². The topological polar surface area (TPSA) is 54.9 Å². The van der Waals surface area contributed by atoms with Crippen LogP contribution in [0.5, 0.6) is 11.5 Å². The summed E-state index contributed by atoms with van der Waals surface area (Å²) < 4.78 is 25.1. The molecule has 194 valence electrons. The van der Waals surface area contributed by atoms with Gasteiger partial charge >= 0.3 is 0 Å². The average molecular weight is 512 g/mol. The third kappa shape index (κ3) is 5.53. The number of methoxy groups -OCH3 is 2. The van der Waals surface area contributed by atoms with Crippen molar-refractivity contribution in [1.29, 1.82) is 0 Å². The van der Waals surface area contributed by atoms with Gasteiger partial charge in [0.1, 0.15) is 17.3 Å². The van der Waals surface area contributed by atoms with Crippen molar-refractivity contribution in [3.05, 3.63) is 95.8 Å². The van der Waals surface area contributed by atoms with Crippen LogP contribution in [0, 0.1) is 5.82 Å². The molecule has 5 rings (SSSR count). The van der Waals surface area contributed by atoms with Crippen LogP contribution in [-0.4, -0.2) is 67.6 Å². The molecule has 0 N–H and O–H groups in total. The summed E-state index contributed by atoms with van der Waals surface area (Å²) in [6, 6.07) is 21.7. The van der Waals surface area contributed by atoms with E-state index in [-0.39, 0.29) is 5.91 Å². The summed E-state index contributed by atoms with van der Waals surface area (Å²) in [5, 5.41) is 0.499. The molecular weight excluding hydrogens is 481 g/mol. The second-order valence-electron chi connectivity index (χ2n) is 9.19. The number of amides is 1. The van der Waals surface area contributed by atoms with Gasteiger partial charge < -0.3 is 14.4 Å². The van der Waals surface area contributed by atoms with Crippen molar-refractivity contribution in [2.24, 2.45) is 0 Å². The lowest BCUT2D eigenvalue weighted by molar-refractivity contribution is 0.0652. The third-order valence-electron chi connectivity index (χ3n) is 6.82. The van der Waals surface area contributed by atoms with E-state index in [1.165, 1.54) is 17.7 Å². The lowest BCUT2D eigenvalue weighted by Gasteiger charge is -2.34. The second kappa shape index (κ2) is 11.4. The van der Waals surface area contributed by atoms with E-state index in [1.54, 1.807) is 32.4 Å². The van der Waals surface area contributed by atoms with Crippen LogP contribution in [0.15, 0.2) is 78.9 Å². The van der Waals surface area contributed by atoms with Gasteiger partial charge in [0.15, 0.2) is 0 Å². The Balaban J connectivity index is 1.38. The molecule has 0 radical (unpaired) electrons. The molecule has 1 fully saturated rings. The van der Waals surface area contributed by atoms with Crippen LogP contribution in [-0.2, 0) is 0 Å². The molecule has 0 atom stereocenters. The second-order valence-corrected chi connectivity index (χ2v) is 9.19. The lowest BCUT2D eigenvalue weighted by Crippen LogP contribution is -2.48. The predicted octanol–water partition coefficient (Wildman–Crippen LogP) is 5.53. The highest BCUT2D eigenvalue weighted by atomic mass is 19.1. The molecule has 0 spiro atoms. The Morgan fingerprint density at radius 1 is 0.947 bits per heavy atom. The molecular formula is C31H30FN3O3. The van der Waals surface area contributed by atoms with E-state index in [0.717, 1.165) is 25.2 Å². The number of nitrogens with zero attached hydrogens (tertiary/aromatic N) is 3. The van der Waals surface area contributed by atoms with Crippen LogP contribution in [0.4, 0.5) is 4.39 Å². The zero-order valence-electron chi connectivity index (χ0n) is 21.6. The fourth-order valence-electron chi connectivity index (χ4n) is 4.73. The fraction of sp³-hybridized carbons (Fsp3) is 0.226. The van der Waals surface area contributed by atoms with Crippen LogP contribution in [0.25, 0.3) is 28.2 Å². The summed E-state index contributed by atoms with van der Waals surface area (Å²) in [4.78, 5) is 22.7. The van der Waals surface area contributed by atoms with Crippen molar-refractivity contribution in [2.45, 2.75) is 0 Å². The van der Waals surface area contributed by atoms with Gasteiger partial charge in [0.05, 0.1) is 31.0 Å². The number of hydrogen-bond acceptors (Lipinski definition) is 5. The van der Waals surface area contributed by atoms with E-state index in [2.05, 4.69) is 29.2 Å². The van der Waals surface area contributed by atoms with Gasteiger partial charge in [0.2, 0.25) is 0 Å². The summed E-state index contributed by atoms with van der Waals surface area (Å²) in [7, 11) is 3.17. The van der Waals surface area contributed by atoms with E-state index in [1.807, 2.05) is 35.2 Å². The molecule has 1 amide bonds. The molecule has 0 bridgehead atoms. The predicted molar refractivity (Wildman–Crippen MR) is 148 cm³/mol. The Bertz CT molecular complexity index is 1460. The molecule has 3 aromatic carbocycles. The standard InChI is InChI=1S/C31H30FN3O3/c1-37-24-11-12-25(30(20-24)38-2)29-21-27(26-19-23(32)10-13-28(26)33-29)31(36)35-17-15-34(16-18-35)14-6-9-22-7-4-3-5-8-22/h3-13,19-21H,14-18H2,1-2H3/b9-6+. The molecule has 4 aromatic rings. The minimum Gasteiger partial charge on any atom is -0.497 e. The maximum absolute atomic E-state index is 14.2. The Kier molecular flexibility index (Phi) is 7.65. The third-order valence-corrected chi connectivity index (χ3v) is 6.82. The van der Waals surface area contributed by atoms with Gasteiger partial charge in [-0.2, -0.15) is 0 Å². The number of rotatable bonds is 7. The van der Waals surface area contributed by atoms with Gasteiger partial charge in [-0.3, -0.25) is 9.69 Å². The first kappa shape index (κ1) is 25.4. The van der Waals surface area contributed by atoms with Crippen LogP contribution < -0.4 is 9.47 Å². The van der Waals surface area contributed by atoms with E-state index in [9.17, 15) is 9.18 Å². The molecule has 0 saturated carbocycles. The molecule has 0 aliphatic carbocycles. The zero-order valence-corrected chi connectivity index (χ0v) is 21.6. The van der Waals surface area contributed by atoms with Crippen LogP contribution >= 0.6 is 0 Å². The van der Waals surface area contributed by atoms with E-state index in [0.29, 0.717) is 46.7 Å². The van der Waals surface area contributed by atoms with Crippen LogP contribution in [0.1, 0.15) is 15.9 Å². The fourth-order valence-corrected chi connectivity index (χ4v) is 4.73. The van der Waals surface area contributed by atoms with Crippen molar-refractivity contribution >= 4 is 22.9 Å². The highest BCUT2D eigenvalue weighted by molar-refractivity contribution is 6.07. The Hall–Kier alpha value is -4.23. The van der Waals surface area contributed by atoms with E-state index < -0.39 is 5.82 Å². The molecule has 1 aliphatic heterocycles.